The lowest BCUT2D eigenvalue weighted by molar-refractivity contribution is 0.917. The zero-order chi connectivity index (χ0) is 18.3. The van der Waals surface area contributed by atoms with Crippen molar-refractivity contribution >= 4 is 40.4 Å². The van der Waals surface area contributed by atoms with Gasteiger partial charge in [0.05, 0.1) is 11.3 Å². The fourth-order valence-electron chi connectivity index (χ4n) is 3.03. The van der Waals surface area contributed by atoms with Crippen molar-refractivity contribution in [2.45, 2.75) is 13.8 Å². The fraction of sp³-hybridized carbons (Fsp3) is 0.100. The van der Waals surface area contributed by atoms with Crippen molar-refractivity contribution in [1.29, 1.82) is 0 Å². The molecule has 0 aliphatic carbocycles. The van der Waals surface area contributed by atoms with Crippen LogP contribution in [0.4, 0.5) is 11.5 Å². The van der Waals surface area contributed by atoms with Gasteiger partial charge in [-0.05, 0) is 38.1 Å². The maximum Gasteiger partial charge on any atom is 0.165 e. The fourth-order valence-corrected chi connectivity index (χ4v) is 3.45. The topological polar surface area (TPSA) is 42.2 Å². The van der Waals surface area contributed by atoms with E-state index in [0.29, 0.717) is 10.0 Å². The summed E-state index contributed by atoms with van der Waals surface area (Å²) in [5.74, 6) is 0.816. The second-order valence-electron chi connectivity index (χ2n) is 6.09. The average Bonchev–Trinajstić information content (AvgIpc) is 2.92. The summed E-state index contributed by atoms with van der Waals surface area (Å²) in [6, 6.07) is 17.3. The molecule has 4 aromatic rings. The van der Waals surface area contributed by atoms with Gasteiger partial charge < -0.3 is 5.32 Å². The van der Waals surface area contributed by atoms with Crippen LogP contribution in [0.1, 0.15) is 11.4 Å². The second-order valence-corrected chi connectivity index (χ2v) is 6.94. The van der Waals surface area contributed by atoms with Gasteiger partial charge in [-0.15, -0.1) is 0 Å². The van der Waals surface area contributed by atoms with Crippen LogP contribution in [0.25, 0.3) is 16.8 Å². The third kappa shape index (κ3) is 3.02. The van der Waals surface area contributed by atoms with E-state index in [9.17, 15) is 0 Å². The number of hydrogen-bond acceptors (Lipinski definition) is 3. The van der Waals surface area contributed by atoms with Gasteiger partial charge in [0.1, 0.15) is 5.82 Å². The molecular weight excluding hydrogens is 367 g/mol. The number of fused-ring (bicyclic) bond motifs is 1. The van der Waals surface area contributed by atoms with E-state index in [1.54, 1.807) is 0 Å². The predicted octanol–water partition coefficient (Wildman–Crippen LogP) is 6.06. The molecule has 4 nitrogen and oxygen atoms in total. The molecule has 0 bridgehead atoms. The zero-order valence-electron chi connectivity index (χ0n) is 14.3. The molecule has 0 saturated carbocycles. The van der Waals surface area contributed by atoms with E-state index in [4.69, 9.17) is 33.3 Å². The van der Waals surface area contributed by atoms with E-state index >= 15 is 0 Å². The standard InChI is InChI=1S/C20H16Cl2N4/c1-12-10-18(24-15-7-5-6-14(21)11-15)26-20(23-12)19(13(2)25-26)16-8-3-4-9-17(16)22/h3-11,24H,1-2H3. The Labute approximate surface area is 161 Å². The molecule has 0 fully saturated rings. The number of benzene rings is 2. The Balaban J connectivity index is 1.91. The number of nitrogens with zero attached hydrogens (tertiary/aromatic N) is 3. The molecule has 0 aliphatic rings. The molecule has 0 atom stereocenters. The Morgan fingerprint density at radius 3 is 2.54 bits per heavy atom. The number of hydrogen-bond donors (Lipinski definition) is 1. The molecule has 2 aromatic heterocycles. The molecule has 0 unspecified atom stereocenters. The highest BCUT2D eigenvalue weighted by Crippen LogP contribution is 2.34. The summed E-state index contributed by atoms with van der Waals surface area (Å²) in [7, 11) is 0. The van der Waals surface area contributed by atoms with Crippen LogP contribution in [0.3, 0.4) is 0 Å². The zero-order valence-corrected chi connectivity index (χ0v) is 15.8. The number of rotatable bonds is 3. The maximum absolute atomic E-state index is 6.42. The number of anilines is 2. The molecular formula is C20H16Cl2N4. The van der Waals surface area contributed by atoms with E-state index in [-0.39, 0.29) is 0 Å². The van der Waals surface area contributed by atoms with Crippen LogP contribution in [-0.4, -0.2) is 14.6 Å². The SMILES string of the molecule is Cc1cc(Nc2cccc(Cl)c2)n2nc(C)c(-c3ccccc3Cl)c2n1. The quantitative estimate of drug-likeness (QED) is 0.467. The molecule has 4 rings (SSSR count). The molecule has 1 N–H and O–H groups in total. The molecule has 26 heavy (non-hydrogen) atoms. The van der Waals surface area contributed by atoms with E-state index < -0.39 is 0 Å². The molecule has 6 heteroatoms. The Bertz CT molecular complexity index is 1120. The van der Waals surface area contributed by atoms with Crippen LogP contribution in [0.15, 0.2) is 54.6 Å². The van der Waals surface area contributed by atoms with Crippen molar-refractivity contribution in [3.63, 3.8) is 0 Å². The Morgan fingerprint density at radius 1 is 0.962 bits per heavy atom. The Morgan fingerprint density at radius 2 is 1.77 bits per heavy atom. The first-order valence-electron chi connectivity index (χ1n) is 8.17. The Kier molecular flexibility index (Phi) is 4.31. The highest BCUT2D eigenvalue weighted by Gasteiger charge is 2.18. The van der Waals surface area contributed by atoms with Crippen molar-refractivity contribution in [2.24, 2.45) is 0 Å². The van der Waals surface area contributed by atoms with Crippen LogP contribution in [0, 0.1) is 13.8 Å². The van der Waals surface area contributed by atoms with E-state index in [0.717, 1.165) is 39.7 Å². The van der Waals surface area contributed by atoms with Crippen molar-refractivity contribution in [3.8, 4) is 11.1 Å². The molecule has 0 radical (unpaired) electrons. The first kappa shape index (κ1) is 16.9. The monoisotopic (exact) mass is 382 g/mol. The maximum atomic E-state index is 6.42. The van der Waals surface area contributed by atoms with Gasteiger partial charge in [-0.1, -0.05) is 47.5 Å². The van der Waals surface area contributed by atoms with Gasteiger partial charge in [0.2, 0.25) is 0 Å². The van der Waals surface area contributed by atoms with Crippen molar-refractivity contribution in [2.75, 3.05) is 5.32 Å². The molecule has 2 heterocycles. The highest BCUT2D eigenvalue weighted by molar-refractivity contribution is 6.33. The normalized spacial score (nSPS) is 11.1. The number of halogens is 2. The molecule has 2 aromatic carbocycles. The largest absolute Gasteiger partial charge is 0.340 e. The van der Waals surface area contributed by atoms with Crippen LogP contribution in [0.2, 0.25) is 10.0 Å². The molecule has 0 aliphatic heterocycles. The average molecular weight is 383 g/mol. The summed E-state index contributed by atoms with van der Waals surface area (Å²) in [5, 5.41) is 9.42. The predicted molar refractivity (Wildman–Crippen MR) is 108 cm³/mol. The number of nitrogens with one attached hydrogen (secondary N) is 1. The summed E-state index contributed by atoms with van der Waals surface area (Å²) in [6.45, 7) is 3.92. The van der Waals surface area contributed by atoms with Gasteiger partial charge >= 0.3 is 0 Å². The van der Waals surface area contributed by atoms with Gasteiger partial charge in [-0.25, -0.2) is 4.98 Å². The van der Waals surface area contributed by atoms with Gasteiger partial charge in [0.15, 0.2) is 5.65 Å². The van der Waals surface area contributed by atoms with Crippen molar-refractivity contribution < 1.29 is 0 Å². The molecule has 130 valence electrons. The van der Waals surface area contributed by atoms with E-state index in [1.807, 2.05) is 73.0 Å². The van der Waals surface area contributed by atoms with E-state index in [2.05, 4.69) is 5.32 Å². The minimum atomic E-state index is 0.672. The van der Waals surface area contributed by atoms with Crippen molar-refractivity contribution in [1.82, 2.24) is 14.6 Å². The lowest BCUT2D eigenvalue weighted by Crippen LogP contribution is -2.02. The van der Waals surface area contributed by atoms with Crippen LogP contribution >= 0.6 is 23.2 Å². The third-order valence-electron chi connectivity index (χ3n) is 4.13. The first-order valence-corrected chi connectivity index (χ1v) is 8.93. The smallest absolute Gasteiger partial charge is 0.165 e. The van der Waals surface area contributed by atoms with Crippen LogP contribution < -0.4 is 5.32 Å². The number of aryl methyl sites for hydroxylation is 2. The highest BCUT2D eigenvalue weighted by atomic mass is 35.5. The summed E-state index contributed by atoms with van der Waals surface area (Å²) < 4.78 is 1.81. The summed E-state index contributed by atoms with van der Waals surface area (Å²) >= 11 is 12.5. The van der Waals surface area contributed by atoms with Gasteiger partial charge in [0.25, 0.3) is 0 Å². The third-order valence-corrected chi connectivity index (χ3v) is 4.70. The molecule has 0 saturated heterocycles. The lowest BCUT2D eigenvalue weighted by Gasteiger charge is -2.10. The minimum Gasteiger partial charge on any atom is -0.340 e. The minimum absolute atomic E-state index is 0.672. The first-order chi connectivity index (χ1) is 12.5. The van der Waals surface area contributed by atoms with Crippen LogP contribution in [-0.2, 0) is 0 Å². The van der Waals surface area contributed by atoms with Crippen molar-refractivity contribution in [3.05, 3.63) is 76.0 Å². The van der Waals surface area contributed by atoms with Gasteiger partial charge in [0, 0.05) is 33.1 Å². The molecule has 0 spiro atoms. The number of aromatic nitrogens is 3. The summed E-state index contributed by atoms with van der Waals surface area (Å²) in [4.78, 5) is 4.71. The van der Waals surface area contributed by atoms with Gasteiger partial charge in [-0.3, -0.25) is 0 Å². The second kappa shape index (κ2) is 6.63. The lowest BCUT2D eigenvalue weighted by atomic mass is 10.1. The molecule has 0 amide bonds. The Hall–Kier alpha value is -2.56. The summed E-state index contributed by atoms with van der Waals surface area (Å²) in [6.07, 6.45) is 0. The summed E-state index contributed by atoms with van der Waals surface area (Å²) in [5.41, 5.74) is 5.26. The van der Waals surface area contributed by atoms with Crippen LogP contribution in [0.5, 0.6) is 0 Å². The van der Waals surface area contributed by atoms with Gasteiger partial charge in [-0.2, -0.15) is 9.61 Å². The van der Waals surface area contributed by atoms with E-state index in [1.165, 1.54) is 0 Å².